The number of hydrazone groups is 1. The van der Waals surface area contributed by atoms with Crippen molar-refractivity contribution in [1.29, 1.82) is 0 Å². The molecule has 2 N–H and O–H groups in total. The van der Waals surface area contributed by atoms with Crippen LogP contribution in [0.2, 0.25) is 5.02 Å². The lowest BCUT2D eigenvalue weighted by molar-refractivity contribution is 0.473. The number of nitrogens with one attached hydrogen (secondary N) is 1. The van der Waals surface area contributed by atoms with E-state index in [4.69, 9.17) is 11.6 Å². The van der Waals surface area contributed by atoms with Gasteiger partial charge in [-0.25, -0.2) is 9.97 Å². The molecular weight excluding hydrogens is 483 g/mol. The van der Waals surface area contributed by atoms with Gasteiger partial charge in [-0.1, -0.05) is 39.7 Å². The molecule has 8 heteroatoms. The van der Waals surface area contributed by atoms with Gasteiger partial charge in [0.2, 0.25) is 0 Å². The zero-order chi connectivity index (χ0) is 18.7. The lowest BCUT2D eigenvalue weighted by Crippen LogP contribution is -1.99. The van der Waals surface area contributed by atoms with Gasteiger partial charge in [0.25, 0.3) is 0 Å². The topological polar surface area (TPSA) is 70.4 Å². The summed E-state index contributed by atoms with van der Waals surface area (Å²) in [4.78, 5) is 8.83. The average molecular weight is 497 g/mol. The number of phenols is 1. The van der Waals surface area contributed by atoms with Gasteiger partial charge in [0.05, 0.1) is 16.3 Å². The minimum absolute atomic E-state index is 0.0761. The third-order valence-corrected chi connectivity index (χ3v) is 4.66. The molecule has 3 aromatic rings. The number of rotatable bonds is 4. The first-order chi connectivity index (χ1) is 12.4. The summed E-state index contributed by atoms with van der Waals surface area (Å²) in [5, 5.41) is 15.1. The van der Waals surface area contributed by atoms with Gasteiger partial charge >= 0.3 is 0 Å². The van der Waals surface area contributed by atoms with E-state index in [1.165, 1.54) is 0 Å². The Bertz CT molecular complexity index is 995. The molecule has 0 bridgehead atoms. The smallest absolute Gasteiger partial charge is 0.165 e. The molecule has 2 aromatic carbocycles. The summed E-state index contributed by atoms with van der Waals surface area (Å²) in [5.74, 6) is 0.985. The highest BCUT2D eigenvalue weighted by Gasteiger charge is 2.13. The van der Waals surface area contributed by atoms with Crippen LogP contribution in [0.3, 0.4) is 0 Å². The Balaban J connectivity index is 1.89. The molecule has 5 nitrogen and oxygen atoms in total. The minimum atomic E-state index is 0.0761. The summed E-state index contributed by atoms with van der Waals surface area (Å²) in [5.41, 5.74) is 5.00. The first-order valence-electron chi connectivity index (χ1n) is 7.51. The lowest BCUT2D eigenvalue weighted by atomic mass is 10.2. The molecule has 1 aromatic heterocycles. The zero-order valence-corrected chi connectivity index (χ0v) is 17.5. The van der Waals surface area contributed by atoms with Crippen LogP contribution in [0.4, 0.5) is 5.82 Å². The molecule has 0 aliphatic rings. The quantitative estimate of drug-likeness (QED) is 0.355. The van der Waals surface area contributed by atoms with Gasteiger partial charge in [-0.15, -0.1) is 0 Å². The molecule has 0 aliphatic carbocycles. The third-order valence-electron chi connectivity index (χ3n) is 3.36. The second kappa shape index (κ2) is 8.16. The van der Waals surface area contributed by atoms with Gasteiger partial charge in [0, 0.05) is 21.3 Å². The van der Waals surface area contributed by atoms with Crippen LogP contribution in [0.15, 0.2) is 56.5 Å². The fourth-order valence-electron chi connectivity index (χ4n) is 2.24. The molecule has 3 rings (SSSR count). The van der Waals surface area contributed by atoms with Crippen LogP contribution in [0.25, 0.3) is 11.4 Å². The molecule has 0 radical (unpaired) electrons. The SMILES string of the molecule is Cc1cc(N/N=C\c2cccc(Cl)c2)nc(-c2cc(Br)cc(Br)c2O)n1. The van der Waals surface area contributed by atoms with E-state index >= 15 is 0 Å². The normalized spacial score (nSPS) is 11.1. The van der Waals surface area contributed by atoms with Crippen LogP contribution >= 0.6 is 43.5 Å². The highest BCUT2D eigenvalue weighted by Crippen LogP contribution is 2.37. The molecule has 0 saturated heterocycles. The Kier molecular flexibility index (Phi) is 5.90. The fraction of sp³-hybridized carbons (Fsp3) is 0.0556. The highest BCUT2D eigenvalue weighted by molar-refractivity contribution is 9.11. The summed E-state index contributed by atoms with van der Waals surface area (Å²) >= 11 is 12.7. The highest BCUT2D eigenvalue weighted by atomic mass is 79.9. The number of hydrogen-bond donors (Lipinski definition) is 2. The van der Waals surface area contributed by atoms with Crippen LogP contribution in [0.5, 0.6) is 5.75 Å². The Morgan fingerprint density at radius 1 is 1.15 bits per heavy atom. The predicted molar refractivity (Wildman–Crippen MR) is 112 cm³/mol. The van der Waals surface area contributed by atoms with Crippen LogP contribution in [-0.4, -0.2) is 21.3 Å². The second-order valence-corrected chi connectivity index (χ2v) is 7.63. The Morgan fingerprint density at radius 3 is 2.73 bits per heavy atom. The van der Waals surface area contributed by atoms with E-state index in [-0.39, 0.29) is 5.75 Å². The molecule has 0 fully saturated rings. The van der Waals surface area contributed by atoms with Gasteiger partial charge < -0.3 is 5.11 Å². The van der Waals surface area contributed by atoms with Crippen LogP contribution < -0.4 is 5.43 Å². The first-order valence-corrected chi connectivity index (χ1v) is 9.47. The second-order valence-electron chi connectivity index (χ2n) is 5.43. The maximum Gasteiger partial charge on any atom is 0.165 e. The van der Waals surface area contributed by atoms with E-state index in [9.17, 15) is 5.11 Å². The molecule has 26 heavy (non-hydrogen) atoms. The number of benzene rings is 2. The van der Waals surface area contributed by atoms with Crippen molar-refractivity contribution in [3.8, 4) is 17.1 Å². The van der Waals surface area contributed by atoms with Crippen molar-refractivity contribution in [2.75, 3.05) is 5.43 Å². The number of aryl methyl sites for hydroxylation is 1. The third kappa shape index (κ3) is 4.60. The van der Waals surface area contributed by atoms with Gasteiger partial charge in [-0.3, -0.25) is 5.43 Å². The molecule has 132 valence electrons. The van der Waals surface area contributed by atoms with Crippen LogP contribution in [-0.2, 0) is 0 Å². The van der Waals surface area contributed by atoms with Gasteiger partial charge in [-0.2, -0.15) is 5.10 Å². The van der Waals surface area contributed by atoms with Crippen molar-refractivity contribution in [1.82, 2.24) is 9.97 Å². The predicted octanol–water partition coefficient (Wildman–Crippen LogP) is 5.78. The number of halogens is 3. The molecular formula is C18H13Br2ClN4O. The van der Waals surface area contributed by atoms with Crippen molar-refractivity contribution >= 4 is 55.5 Å². The molecule has 0 amide bonds. The Hall–Kier alpha value is -1.96. The largest absolute Gasteiger partial charge is 0.506 e. The van der Waals surface area contributed by atoms with Crippen molar-refractivity contribution in [2.24, 2.45) is 5.10 Å². The molecule has 0 saturated carbocycles. The average Bonchev–Trinajstić information content (AvgIpc) is 2.57. The number of aromatic nitrogens is 2. The summed E-state index contributed by atoms with van der Waals surface area (Å²) in [7, 11) is 0. The number of hydrogen-bond acceptors (Lipinski definition) is 5. The van der Waals surface area contributed by atoms with Gasteiger partial charge in [-0.05, 0) is 52.7 Å². The van der Waals surface area contributed by atoms with Crippen molar-refractivity contribution in [3.05, 3.63) is 67.7 Å². The number of nitrogens with zero attached hydrogens (tertiary/aromatic N) is 3. The first kappa shape index (κ1) is 18.8. The zero-order valence-electron chi connectivity index (χ0n) is 13.5. The van der Waals surface area contributed by atoms with Crippen molar-refractivity contribution in [3.63, 3.8) is 0 Å². The minimum Gasteiger partial charge on any atom is -0.506 e. The van der Waals surface area contributed by atoms with Gasteiger partial charge in [0.1, 0.15) is 5.75 Å². The molecule has 0 spiro atoms. The van der Waals surface area contributed by atoms with Gasteiger partial charge in [0.15, 0.2) is 11.6 Å². The lowest BCUT2D eigenvalue weighted by Gasteiger charge is -2.09. The van der Waals surface area contributed by atoms with E-state index in [0.717, 1.165) is 15.7 Å². The van der Waals surface area contributed by atoms with E-state index in [0.29, 0.717) is 26.7 Å². The fourth-order valence-corrected chi connectivity index (χ4v) is 3.67. The van der Waals surface area contributed by atoms with E-state index in [2.05, 4.69) is 52.4 Å². The summed E-state index contributed by atoms with van der Waals surface area (Å²) in [6, 6.07) is 12.6. The molecule has 0 atom stereocenters. The molecule has 1 heterocycles. The number of phenolic OH excluding ortho intramolecular Hbond substituents is 1. The van der Waals surface area contributed by atoms with Crippen LogP contribution in [0.1, 0.15) is 11.3 Å². The standard InChI is InChI=1S/C18H13Br2ClN4O/c1-10-5-16(25-22-9-11-3-2-4-13(21)6-11)24-18(23-10)14-7-12(19)8-15(20)17(14)26/h2-9,26H,1H3,(H,23,24,25)/b22-9-. The number of anilines is 1. The van der Waals surface area contributed by atoms with Crippen molar-refractivity contribution < 1.29 is 5.11 Å². The monoisotopic (exact) mass is 494 g/mol. The van der Waals surface area contributed by atoms with E-state index in [1.807, 2.05) is 19.1 Å². The maximum atomic E-state index is 10.3. The summed E-state index contributed by atoms with van der Waals surface area (Å²) in [6.07, 6.45) is 1.65. The van der Waals surface area contributed by atoms with Crippen LogP contribution in [0, 0.1) is 6.92 Å². The van der Waals surface area contributed by atoms with Crippen molar-refractivity contribution in [2.45, 2.75) is 6.92 Å². The summed E-state index contributed by atoms with van der Waals surface area (Å²) < 4.78 is 1.36. The number of aromatic hydroxyl groups is 1. The van der Waals surface area contributed by atoms with E-state index < -0.39 is 0 Å². The molecule has 0 aliphatic heterocycles. The maximum absolute atomic E-state index is 10.3. The molecule has 0 unspecified atom stereocenters. The Morgan fingerprint density at radius 2 is 1.96 bits per heavy atom. The Labute approximate surface area is 172 Å². The summed E-state index contributed by atoms with van der Waals surface area (Å²) in [6.45, 7) is 1.85. The van der Waals surface area contributed by atoms with E-state index in [1.54, 1.807) is 36.5 Å².